The molecule has 0 saturated carbocycles. The summed E-state index contributed by atoms with van der Waals surface area (Å²) < 4.78 is 44.6. The van der Waals surface area contributed by atoms with Crippen molar-refractivity contribution in [1.82, 2.24) is 14.7 Å². The van der Waals surface area contributed by atoms with Crippen LogP contribution < -0.4 is 9.64 Å². The van der Waals surface area contributed by atoms with E-state index in [0.717, 1.165) is 35.2 Å². The summed E-state index contributed by atoms with van der Waals surface area (Å²) in [6.45, 7) is 2.78. The summed E-state index contributed by atoms with van der Waals surface area (Å²) >= 11 is 0. The third-order valence-electron chi connectivity index (χ3n) is 5.48. The maximum atomic E-state index is 13.0. The van der Waals surface area contributed by atoms with Crippen LogP contribution in [0.4, 0.5) is 18.9 Å². The smallest absolute Gasteiger partial charge is 0.435 e. The van der Waals surface area contributed by atoms with Crippen molar-refractivity contribution >= 4 is 11.6 Å². The van der Waals surface area contributed by atoms with E-state index in [1.165, 1.54) is 6.20 Å². The molecule has 2 aromatic carbocycles. The van der Waals surface area contributed by atoms with Gasteiger partial charge in [-0.2, -0.15) is 18.3 Å². The van der Waals surface area contributed by atoms with Crippen LogP contribution in [0.3, 0.4) is 0 Å². The molecule has 168 valence electrons. The summed E-state index contributed by atoms with van der Waals surface area (Å²) in [5.74, 6) is 0.707. The molecule has 0 unspecified atom stereocenters. The third kappa shape index (κ3) is 4.71. The molecule has 32 heavy (non-hydrogen) atoms. The van der Waals surface area contributed by atoms with Crippen LogP contribution in [0.15, 0.2) is 60.8 Å². The lowest BCUT2D eigenvalue weighted by atomic mass is 10.1. The van der Waals surface area contributed by atoms with Crippen molar-refractivity contribution < 1.29 is 22.7 Å². The standard InChI is InChI=1S/C23H23F3N4O2/c1-32-20-9-7-18(8-10-20)28-12-2-13-29(16-15-28)22(31)17-3-5-19(6-4-17)30-14-11-21(27-30)23(24,25)26/h3-11,14H,2,12-13,15-16H2,1H3. The van der Waals surface area contributed by atoms with Gasteiger partial charge in [-0.1, -0.05) is 0 Å². The highest BCUT2D eigenvalue weighted by Gasteiger charge is 2.33. The highest BCUT2D eigenvalue weighted by molar-refractivity contribution is 5.94. The van der Waals surface area contributed by atoms with Crippen molar-refractivity contribution in [2.75, 3.05) is 38.2 Å². The minimum Gasteiger partial charge on any atom is -0.497 e. The first-order chi connectivity index (χ1) is 15.3. The minimum absolute atomic E-state index is 0.0930. The molecule has 0 aliphatic carbocycles. The van der Waals surface area contributed by atoms with E-state index < -0.39 is 11.9 Å². The van der Waals surface area contributed by atoms with Gasteiger partial charge in [0.2, 0.25) is 0 Å². The van der Waals surface area contributed by atoms with Gasteiger partial charge in [-0.15, -0.1) is 0 Å². The summed E-state index contributed by atoms with van der Waals surface area (Å²) in [7, 11) is 1.63. The molecule has 6 nitrogen and oxygen atoms in total. The van der Waals surface area contributed by atoms with Gasteiger partial charge >= 0.3 is 6.18 Å². The quantitative estimate of drug-likeness (QED) is 0.604. The summed E-state index contributed by atoms with van der Waals surface area (Å²) in [5.41, 5.74) is 1.08. The number of halogens is 3. The molecule has 1 aliphatic heterocycles. The van der Waals surface area contributed by atoms with Gasteiger partial charge in [0.15, 0.2) is 5.69 Å². The van der Waals surface area contributed by atoms with Gasteiger partial charge in [0, 0.05) is 43.6 Å². The molecule has 0 radical (unpaired) electrons. The van der Waals surface area contributed by atoms with Gasteiger partial charge in [0.1, 0.15) is 5.75 Å². The van der Waals surface area contributed by atoms with Crippen LogP contribution in [0.25, 0.3) is 5.69 Å². The second-order valence-corrected chi connectivity index (χ2v) is 7.52. The van der Waals surface area contributed by atoms with Crippen molar-refractivity contribution in [3.05, 3.63) is 72.1 Å². The van der Waals surface area contributed by atoms with Crippen LogP contribution in [-0.4, -0.2) is 53.9 Å². The lowest BCUT2D eigenvalue weighted by Gasteiger charge is -2.24. The van der Waals surface area contributed by atoms with Crippen LogP contribution in [0.5, 0.6) is 5.75 Å². The fourth-order valence-electron chi connectivity index (χ4n) is 3.73. The maximum Gasteiger partial charge on any atom is 0.435 e. The SMILES string of the molecule is COc1ccc(N2CCCN(C(=O)c3ccc(-n4ccc(C(F)(F)F)n4)cc3)CC2)cc1. The average molecular weight is 444 g/mol. The first-order valence-electron chi connectivity index (χ1n) is 10.3. The summed E-state index contributed by atoms with van der Waals surface area (Å²) in [6.07, 6.45) is -2.40. The Morgan fingerprint density at radius 3 is 2.22 bits per heavy atom. The highest BCUT2D eigenvalue weighted by Crippen LogP contribution is 2.28. The van der Waals surface area contributed by atoms with Crippen molar-refractivity contribution in [2.45, 2.75) is 12.6 Å². The molecule has 0 bridgehead atoms. The molecule has 1 aromatic heterocycles. The Morgan fingerprint density at radius 2 is 1.59 bits per heavy atom. The molecule has 0 N–H and O–H groups in total. The number of amides is 1. The number of ether oxygens (including phenoxy) is 1. The Kier molecular flexibility index (Phi) is 6.07. The molecule has 0 atom stereocenters. The van der Waals surface area contributed by atoms with Crippen LogP contribution in [-0.2, 0) is 6.18 Å². The van der Waals surface area contributed by atoms with Gasteiger partial charge in [0.05, 0.1) is 12.8 Å². The Hall–Kier alpha value is -3.49. The largest absolute Gasteiger partial charge is 0.497 e. The topological polar surface area (TPSA) is 50.6 Å². The van der Waals surface area contributed by atoms with Crippen molar-refractivity contribution in [2.24, 2.45) is 0 Å². The Morgan fingerprint density at radius 1 is 0.906 bits per heavy atom. The van der Waals surface area contributed by atoms with E-state index in [9.17, 15) is 18.0 Å². The van der Waals surface area contributed by atoms with Crippen LogP contribution in [0, 0.1) is 0 Å². The lowest BCUT2D eigenvalue weighted by Crippen LogP contribution is -2.35. The molecule has 1 fully saturated rings. The van der Waals surface area contributed by atoms with Gasteiger partial charge < -0.3 is 14.5 Å². The Balaban J connectivity index is 1.41. The van der Waals surface area contributed by atoms with E-state index in [1.807, 2.05) is 29.2 Å². The zero-order valence-electron chi connectivity index (χ0n) is 17.5. The van der Waals surface area contributed by atoms with Gasteiger partial charge in [-0.3, -0.25) is 4.79 Å². The average Bonchev–Trinajstić information content (AvgIpc) is 3.18. The second-order valence-electron chi connectivity index (χ2n) is 7.52. The van der Waals surface area contributed by atoms with E-state index in [1.54, 1.807) is 31.4 Å². The number of rotatable bonds is 4. The highest BCUT2D eigenvalue weighted by atomic mass is 19.4. The second kappa shape index (κ2) is 8.94. The molecular formula is C23H23F3N4O2. The number of methoxy groups -OCH3 is 1. The normalized spacial score (nSPS) is 14.9. The minimum atomic E-state index is -4.49. The molecule has 1 saturated heterocycles. The molecule has 9 heteroatoms. The number of carbonyl (C=O) groups excluding carboxylic acids is 1. The zero-order valence-corrected chi connectivity index (χ0v) is 17.5. The van der Waals surface area contributed by atoms with Crippen LogP contribution in [0.2, 0.25) is 0 Å². The van der Waals surface area contributed by atoms with Gasteiger partial charge in [-0.05, 0) is 61.0 Å². The van der Waals surface area contributed by atoms with Crippen molar-refractivity contribution in [3.63, 3.8) is 0 Å². The maximum absolute atomic E-state index is 13.0. The van der Waals surface area contributed by atoms with Crippen LogP contribution >= 0.6 is 0 Å². The summed E-state index contributed by atoms with van der Waals surface area (Å²) in [6, 6.07) is 15.2. The molecule has 3 aromatic rings. The summed E-state index contributed by atoms with van der Waals surface area (Å²) in [4.78, 5) is 17.0. The molecular weight excluding hydrogens is 421 g/mol. The lowest BCUT2D eigenvalue weighted by molar-refractivity contribution is -0.141. The van der Waals surface area contributed by atoms with E-state index in [0.29, 0.717) is 30.9 Å². The molecule has 1 amide bonds. The van der Waals surface area contributed by atoms with Crippen molar-refractivity contribution in [1.29, 1.82) is 0 Å². The zero-order chi connectivity index (χ0) is 22.7. The first-order valence-corrected chi connectivity index (χ1v) is 10.3. The number of anilines is 1. The van der Waals surface area contributed by atoms with E-state index in [4.69, 9.17) is 4.74 Å². The predicted molar refractivity (Wildman–Crippen MR) is 114 cm³/mol. The first kappa shape index (κ1) is 21.7. The predicted octanol–water partition coefficient (Wildman–Crippen LogP) is 4.25. The van der Waals surface area contributed by atoms with Crippen LogP contribution in [0.1, 0.15) is 22.5 Å². The number of nitrogens with zero attached hydrogens (tertiary/aromatic N) is 4. The molecule has 4 rings (SSSR count). The summed E-state index contributed by atoms with van der Waals surface area (Å²) in [5, 5.41) is 3.56. The molecule has 0 spiro atoms. The van der Waals surface area contributed by atoms with Crippen molar-refractivity contribution in [3.8, 4) is 11.4 Å². The van der Waals surface area contributed by atoms with Gasteiger partial charge in [0.25, 0.3) is 5.91 Å². The van der Waals surface area contributed by atoms with E-state index in [2.05, 4.69) is 10.00 Å². The fraction of sp³-hybridized carbons (Fsp3) is 0.304. The third-order valence-corrected chi connectivity index (χ3v) is 5.48. The number of alkyl halides is 3. The Bertz CT molecular complexity index is 1060. The molecule has 2 heterocycles. The van der Waals surface area contributed by atoms with Gasteiger partial charge in [-0.25, -0.2) is 4.68 Å². The van der Waals surface area contributed by atoms with E-state index in [-0.39, 0.29) is 5.91 Å². The number of carbonyl (C=O) groups is 1. The number of benzene rings is 2. The molecule has 1 aliphatic rings. The van der Waals surface area contributed by atoms with E-state index >= 15 is 0 Å². The monoisotopic (exact) mass is 444 g/mol. The fourth-order valence-corrected chi connectivity index (χ4v) is 3.73. The Labute approximate surface area is 183 Å². The number of aromatic nitrogens is 2. The number of hydrogen-bond donors (Lipinski definition) is 0. The number of hydrogen-bond acceptors (Lipinski definition) is 4.